The molecule has 7 heteroatoms. The summed E-state index contributed by atoms with van der Waals surface area (Å²) in [5, 5.41) is 1.33. The molecule has 0 saturated heterocycles. The van der Waals surface area contributed by atoms with E-state index in [0.717, 1.165) is 16.7 Å². The maximum Gasteiger partial charge on any atom is 0.426 e. The first kappa shape index (κ1) is 26.7. The Morgan fingerprint density at radius 3 is 2.09 bits per heavy atom. The van der Waals surface area contributed by atoms with Crippen LogP contribution in [0.2, 0.25) is 0 Å². The molecule has 1 atom stereocenters. The van der Waals surface area contributed by atoms with E-state index in [2.05, 4.69) is 26.2 Å². The number of amides is 2. The normalized spacial score (nSPS) is 12.7. The fraction of sp³-hybridized carbons (Fsp3) is 0.462. The van der Waals surface area contributed by atoms with Gasteiger partial charge in [-0.25, -0.2) is 15.2 Å². The molecule has 33 heavy (non-hydrogen) atoms. The Bertz CT molecular complexity index is 934. The summed E-state index contributed by atoms with van der Waals surface area (Å²) in [7, 11) is 0. The molecule has 0 saturated carbocycles. The minimum Gasteiger partial charge on any atom is -0.443 e. The maximum absolute atomic E-state index is 13.5. The van der Waals surface area contributed by atoms with Crippen LogP contribution in [0.25, 0.3) is 0 Å². The Morgan fingerprint density at radius 1 is 0.970 bits per heavy atom. The Hall–Kier alpha value is -2.51. The van der Waals surface area contributed by atoms with Crippen molar-refractivity contribution in [2.24, 2.45) is 0 Å². The lowest BCUT2D eigenvalue weighted by Crippen LogP contribution is -2.59. The largest absolute Gasteiger partial charge is 0.443 e. The fourth-order valence-corrected chi connectivity index (χ4v) is 3.84. The molecule has 1 N–H and O–H groups in total. The van der Waals surface area contributed by atoms with Crippen LogP contribution < -0.4 is 5.43 Å². The van der Waals surface area contributed by atoms with Gasteiger partial charge in [0.15, 0.2) is 4.75 Å². The molecular weight excluding hydrogens is 436 g/mol. The lowest BCUT2D eigenvalue weighted by atomic mass is 10.0. The van der Waals surface area contributed by atoms with E-state index in [1.165, 1.54) is 5.01 Å². The van der Waals surface area contributed by atoms with E-state index in [0.29, 0.717) is 5.56 Å². The highest BCUT2D eigenvalue weighted by Crippen LogP contribution is 2.23. The zero-order chi connectivity index (χ0) is 24.8. The van der Waals surface area contributed by atoms with Crippen molar-refractivity contribution in [1.82, 2.24) is 10.4 Å². The Balaban J connectivity index is 2.24. The summed E-state index contributed by atoms with van der Waals surface area (Å²) in [5.74, 6) is -0.321. The van der Waals surface area contributed by atoms with Gasteiger partial charge in [-0.05, 0) is 66.2 Å². The van der Waals surface area contributed by atoms with Crippen LogP contribution in [-0.4, -0.2) is 40.2 Å². The third-order valence-electron chi connectivity index (χ3n) is 5.14. The van der Waals surface area contributed by atoms with Crippen LogP contribution in [-0.2, 0) is 26.7 Å². The second-order valence-electron chi connectivity index (χ2n) is 9.83. The van der Waals surface area contributed by atoms with Crippen molar-refractivity contribution >= 4 is 23.2 Å². The number of ether oxygens (including phenoxy) is 1. The van der Waals surface area contributed by atoms with Gasteiger partial charge < -0.3 is 4.74 Å². The predicted molar refractivity (Wildman–Crippen MR) is 135 cm³/mol. The van der Waals surface area contributed by atoms with Crippen molar-refractivity contribution in [2.75, 3.05) is 12.9 Å². The predicted octanol–water partition coefficient (Wildman–Crippen LogP) is 5.34. The Morgan fingerprint density at radius 2 is 1.55 bits per heavy atom. The van der Waals surface area contributed by atoms with Gasteiger partial charge in [0.2, 0.25) is 0 Å². The average molecular weight is 474 g/mol. The monoisotopic (exact) mass is 473 g/mol. The SMILES string of the molecule is Cc1cc(C)cc(C(=O)N(NC(=O)OCc2ccccc2)C(C)(C)CO[S+](C)C(C)(C)C)c1. The number of aryl methyl sites for hydroxylation is 2. The van der Waals surface area contributed by atoms with E-state index in [-0.39, 0.29) is 35.0 Å². The summed E-state index contributed by atoms with van der Waals surface area (Å²) >= 11 is -0.338. The van der Waals surface area contributed by atoms with Crippen molar-refractivity contribution in [3.63, 3.8) is 0 Å². The fourth-order valence-electron chi connectivity index (χ4n) is 3.02. The second-order valence-corrected chi connectivity index (χ2v) is 12.2. The summed E-state index contributed by atoms with van der Waals surface area (Å²) in [6.07, 6.45) is 1.34. The number of nitrogens with one attached hydrogen (secondary N) is 1. The smallest absolute Gasteiger partial charge is 0.426 e. The van der Waals surface area contributed by atoms with Crippen molar-refractivity contribution in [1.29, 1.82) is 0 Å². The van der Waals surface area contributed by atoms with Gasteiger partial charge in [0, 0.05) is 5.56 Å². The van der Waals surface area contributed by atoms with Crippen LogP contribution in [0.3, 0.4) is 0 Å². The molecule has 0 radical (unpaired) electrons. The molecule has 0 heterocycles. The van der Waals surface area contributed by atoms with Crippen molar-refractivity contribution in [3.8, 4) is 0 Å². The van der Waals surface area contributed by atoms with Gasteiger partial charge in [-0.3, -0.25) is 4.79 Å². The third kappa shape index (κ3) is 8.09. The van der Waals surface area contributed by atoms with Gasteiger partial charge in [-0.2, -0.15) is 4.18 Å². The molecule has 2 aromatic carbocycles. The van der Waals surface area contributed by atoms with Crippen LogP contribution in [0.5, 0.6) is 0 Å². The summed E-state index contributed by atoms with van der Waals surface area (Å²) in [4.78, 5) is 26.2. The molecule has 0 aliphatic rings. The maximum atomic E-state index is 13.5. The summed E-state index contributed by atoms with van der Waals surface area (Å²) in [5.41, 5.74) is 5.15. The van der Waals surface area contributed by atoms with E-state index in [1.807, 2.05) is 82.5 Å². The van der Waals surface area contributed by atoms with Crippen molar-refractivity contribution < 1.29 is 18.5 Å². The minimum atomic E-state index is -0.826. The number of hydrogen-bond acceptors (Lipinski definition) is 4. The van der Waals surface area contributed by atoms with Crippen LogP contribution in [0, 0.1) is 13.8 Å². The number of benzene rings is 2. The number of hydrazine groups is 1. The molecule has 0 bridgehead atoms. The molecule has 0 aliphatic heterocycles. The molecule has 0 spiro atoms. The van der Waals surface area contributed by atoms with Gasteiger partial charge in [-0.15, -0.1) is 0 Å². The topological polar surface area (TPSA) is 67.9 Å². The van der Waals surface area contributed by atoms with Crippen LogP contribution in [0.4, 0.5) is 4.79 Å². The third-order valence-corrected chi connectivity index (χ3v) is 7.34. The molecule has 0 fully saturated rings. The van der Waals surface area contributed by atoms with E-state index in [1.54, 1.807) is 0 Å². The molecule has 1 unspecified atom stereocenters. The first-order valence-corrected chi connectivity index (χ1v) is 12.5. The molecular formula is C26H37N2O4S+. The molecule has 0 aliphatic carbocycles. The zero-order valence-electron chi connectivity index (χ0n) is 21.0. The molecule has 0 aromatic heterocycles. The van der Waals surface area contributed by atoms with Gasteiger partial charge in [-0.1, -0.05) is 47.5 Å². The number of rotatable bonds is 7. The molecule has 2 amide bonds. The standard InChI is InChI=1S/C26H36N2O4S/c1-19-14-20(2)16-22(15-19)23(29)28(26(6,7)18-32-33(8)25(3,4)5)27-24(30)31-17-21-12-10-9-11-13-21/h9-16H,17-18H2,1-8H3/p+1. The zero-order valence-corrected chi connectivity index (χ0v) is 21.8. The average Bonchev–Trinajstić information content (AvgIpc) is 2.73. The lowest BCUT2D eigenvalue weighted by molar-refractivity contribution is 0.0169. The highest BCUT2D eigenvalue weighted by molar-refractivity contribution is 7.93. The van der Waals surface area contributed by atoms with Gasteiger partial charge in [0.1, 0.15) is 30.6 Å². The van der Waals surface area contributed by atoms with E-state index >= 15 is 0 Å². The van der Waals surface area contributed by atoms with E-state index in [9.17, 15) is 9.59 Å². The second kappa shape index (κ2) is 11.1. The quantitative estimate of drug-likeness (QED) is 0.435. The van der Waals surface area contributed by atoms with Crippen molar-refractivity contribution in [2.45, 2.75) is 65.4 Å². The molecule has 180 valence electrons. The minimum absolute atomic E-state index is 0.0272. The highest BCUT2D eigenvalue weighted by Gasteiger charge is 2.39. The summed E-state index contributed by atoms with van der Waals surface area (Å²) in [6, 6.07) is 15.0. The number of nitrogens with zero attached hydrogens (tertiary/aromatic N) is 1. The lowest BCUT2D eigenvalue weighted by Gasteiger charge is -2.37. The van der Waals surface area contributed by atoms with E-state index in [4.69, 9.17) is 8.92 Å². The molecule has 2 aromatic rings. The molecule has 6 nitrogen and oxygen atoms in total. The van der Waals surface area contributed by atoms with Gasteiger partial charge in [0.05, 0.1) is 5.54 Å². The van der Waals surface area contributed by atoms with Gasteiger partial charge in [0.25, 0.3) is 5.91 Å². The number of carbonyl (C=O) groups is 2. The van der Waals surface area contributed by atoms with E-state index < -0.39 is 11.6 Å². The Labute approximate surface area is 201 Å². The number of hydrogen-bond donors (Lipinski definition) is 1. The number of carbonyl (C=O) groups excluding carboxylic acids is 2. The highest BCUT2D eigenvalue weighted by atomic mass is 32.2. The summed E-state index contributed by atoms with van der Waals surface area (Å²) < 4.78 is 11.5. The van der Waals surface area contributed by atoms with Crippen molar-refractivity contribution in [3.05, 3.63) is 70.8 Å². The molecule has 2 rings (SSSR count). The first-order chi connectivity index (χ1) is 15.3. The van der Waals surface area contributed by atoms with Crippen LogP contribution in [0.1, 0.15) is 61.7 Å². The first-order valence-electron chi connectivity index (χ1n) is 11.0. The van der Waals surface area contributed by atoms with Crippen LogP contribution >= 0.6 is 0 Å². The summed E-state index contributed by atoms with van der Waals surface area (Å²) in [6.45, 7) is 14.3. The van der Waals surface area contributed by atoms with Gasteiger partial charge >= 0.3 is 6.09 Å². The van der Waals surface area contributed by atoms with Crippen LogP contribution in [0.15, 0.2) is 48.5 Å². The Kier molecular flexibility index (Phi) is 8.97.